The maximum absolute atomic E-state index is 10.8. The number of rotatable bonds is 1. The van der Waals surface area contributed by atoms with Crippen LogP contribution in [0, 0.1) is 6.92 Å². The molecule has 0 saturated carbocycles. The second-order valence-electron chi connectivity index (χ2n) is 3.47. The molecule has 0 bridgehead atoms. The van der Waals surface area contributed by atoms with Gasteiger partial charge in [0.25, 0.3) is 0 Å². The minimum absolute atomic E-state index is 0. The summed E-state index contributed by atoms with van der Waals surface area (Å²) in [4.78, 5) is -0.182. The van der Waals surface area contributed by atoms with Crippen molar-refractivity contribution in [3.8, 4) is 0 Å². The molecule has 78 valence electrons. The van der Waals surface area contributed by atoms with Crippen LogP contribution in [-0.2, 0) is 10.1 Å². The van der Waals surface area contributed by atoms with E-state index in [1.165, 1.54) is 12.1 Å². The molecule has 0 aliphatic rings. The van der Waals surface area contributed by atoms with E-state index >= 15 is 0 Å². The molecule has 2 rings (SSSR count). The number of fused-ring (bicyclic) bond motifs is 1. The summed E-state index contributed by atoms with van der Waals surface area (Å²) in [6.45, 7) is 1.96. The molecule has 0 fully saturated rings. The molecule has 0 amide bonds. The van der Waals surface area contributed by atoms with Crippen LogP contribution in [0.4, 0.5) is 0 Å². The fraction of sp³-hybridized carbons (Fsp3) is 0.0909. The number of hydrogen-bond acceptors (Lipinski definition) is 3. The second kappa shape index (κ2) is 4.85. The molecular weight excluding hydrogens is 235 g/mol. The van der Waals surface area contributed by atoms with E-state index < -0.39 is 10.1 Å². The third-order valence-corrected chi connectivity index (χ3v) is 3.09. The van der Waals surface area contributed by atoms with E-state index in [4.69, 9.17) is 0 Å². The average molecular weight is 244 g/mol. The number of aryl methyl sites for hydroxylation is 1. The molecule has 0 saturated heterocycles. The Morgan fingerprint density at radius 1 is 1.00 bits per heavy atom. The zero-order valence-corrected chi connectivity index (χ0v) is 11.9. The number of hydrogen-bond donors (Lipinski definition) is 0. The van der Waals surface area contributed by atoms with E-state index in [0.717, 1.165) is 16.3 Å². The molecule has 0 N–H and O–H groups in total. The largest absolute Gasteiger partial charge is 1.00 e. The maximum Gasteiger partial charge on any atom is 1.00 e. The fourth-order valence-corrected chi connectivity index (χ4v) is 2.00. The molecule has 0 aromatic heterocycles. The standard InChI is InChI=1S/C11H10O3S.Na/c1-8-2-3-10-7-11(15(12,13)14)5-4-9(10)6-8;/h2-7H,1H3,(H,12,13,14);/q;+1/p-1. The van der Waals surface area contributed by atoms with Gasteiger partial charge in [-0.3, -0.25) is 0 Å². The Balaban J connectivity index is 0.00000128. The summed E-state index contributed by atoms with van der Waals surface area (Å²) in [5.74, 6) is 0. The van der Waals surface area contributed by atoms with Crippen molar-refractivity contribution in [2.75, 3.05) is 0 Å². The van der Waals surface area contributed by atoms with Gasteiger partial charge in [0.1, 0.15) is 10.1 Å². The van der Waals surface area contributed by atoms with Crippen molar-refractivity contribution in [2.24, 2.45) is 0 Å². The summed E-state index contributed by atoms with van der Waals surface area (Å²) >= 11 is 0. The Labute approximate surface area is 117 Å². The van der Waals surface area contributed by atoms with E-state index in [2.05, 4.69) is 0 Å². The normalized spacial score (nSPS) is 11.1. The molecule has 0 heterocycles. The third kappa shape index (κ3) is 2.84. The molecule has 0 spiro atoms. The molecule has 16 heavy (non-hydrogen) atoms. The Hall–Kier alpha value is -0.390. The quantitative estimate of drug-likeness (QED) is 0.480. The van der Waals surface area contributed by atoms with Gasteiger partial charge in [0.15, 0.2) is 0 Å². The molecule has 5 heteroatoms. The zero-order valence-electron chi connectivity index (χ0n) is 9.10. The Morgan fingerprint density at radius 3 is 2.19 bits per heavy atom. The van der Waals surface area contributed by atoms with E-state index in [9.17, 15) is 13.0 Å². The molecule has 0 unspecified atom stereocenters. The van der Waals surface area contributed by atoms with Crippen LogP contribution in [0.15, 0.2) is 41.3 Å². The molecule has 0 aliphatic carbocycles. The molecule has 0 aliphatic heterocycles. The first-order chi connectivity index (χ1) is 6.97. The van der Waals surface area contributed by atoms with Gasteiger partial charge in [-0.2, -0.15) is 0 Å². The van der Waals surface area contributed by atoms with E-state index in [0.29, 0.717) is 0 Å². The predicted octanol–water partition coefficient (Wildman–Crippen LogP) is -0.944. The predicted molar refractivity (Wildman–Crippen MR) is 56.6 cm³/mol. The minimum Gasteiger partial charge on any atom is -0.744 e. The van der Waals surface area contributed by atoms with Crippen molar-refractivity contribution in [1.82, 2.24) is 0 Å². The summed E-state index contributed by atoms with van der Waals surface area (Å²) in [6.07, 6.45) is 0. The fourth-order valence-electron chi connectivity index (χ4n) is 1.50. The van der Waals surface area contributed by atoms with Crippen LogP contribution in [0.3, 0.4) is 0 Å². The van der Waals surface area contributed by atoms with Gasteiger partial charge < -0.3 is 4.55 Å². The van der Waals surface area contributed by atoms with Crippen molar-refractivity contribution in [1.29, 1.82) is 0 Å². The summed E-state index contributed by atoms with van der Waals surface area (Å²) in [5.41, 5.74) is 1.10. The van der Waals surface area contributed by atoms with Gasteiger partial charge in [-0.25, -0.2) is 8.42 Å². The van der Waals surface area contributed by atoms with Gasteiger partial charge in [-0.15, -0.1) is 0 Å². The van der Waals surface area contributed by atoms with Crippen molar-refractivity contribution >= 4 is 20.9 Å². The first kappa shape index (κ1) is 13.7. The van der Waals surface area contributed by atoms with Crippen LogP contribution in [0.2, 0.25) is 0 Å². The topological polar surface area (TPSA) is 57.2 Å². The van der Waals surface area contributed by atoms with Crippen molar-refractivity contribution in [3.63, 3.8) is 0 Å². The minimum atomic E-state index is -4.35. The Kier molecular flexibility index (Phi) is 4.15. The third-order valence-electron chi connectivity index (χ3n) is 2.26. The van der Waals surface area contributed by atoms with Crippen LogP contribution in [0.5, 0.6) is 0 Å². The van der Waals surface area contributed by atoms with Gasteiger partial charge in [-0.05, 0) is 29.8 Å². The first-order valence-corrected chi connectivity index (χ1v) is 5.84. The molecular formula is C11H9NaO3S. The molecule has 0 atom stereocenters. The summed E-state index contributed by atoms with van der Waals surface area (Å²) in [6, 6.07) is 10.0. The van der Waals surface area contributed by atoms with Crippen LogP contribution < -0.4 is 29.6 Å². The molecule has 3 nitrogen and oxygen atoms in total. The van der Waals surface area contributed by atoms with E-state index in [-0.39, 0.29) is 34.5 Å². The van der Waals surface area contributed by atoms with Gasteiger partial charge in [0.05, 0.1) is 4.90 Å². The summed E-state index contributed by atoms with van der Waals surface area (Å²) < 4.78 is 32.4. The average Bonchev–Trinajstić information content (AvgIpc) is 2.15. The summed E-state index contributed by atoms with van der Waals surface area (Å²) in [7, 11) is -4.35. The zero-order chi connectivity index (χ0) is 11.1. The van der Waals surface area contributed by atoms with Crippen LogP contribution >= 0.6 is 0 Å². The van der Waals surface area contributed by atoms with Gasteiger partial charge >= 0.3 is 29.6 Å². The van der Waals surface area contributed by atoms with Crippen LogP contribution in [0.25, 0.3) is 10.8 Å². The molecule has 0 radical (unpaired) electrons. The van der Waals surface area contributed by atoms with Crippen molar-refractivity contribution in [2.45, 2.75) is 11.8 Å². The van der Waals surface area contributed by atoms with Crippen LogP contribution in [-0.4, -0.2) is 13.0 Å². The van der Waals surface area contributed by atoms with Crippen LogP contribution in [0.1, 0.15) is 5.56 Å². The second-order valence-corrected chi connectivity index (χ2v) is 4.85. The van der Waals surface area contributed by atoms with Gasteiger partial charge in [0.2, 0.25) is 0 Å². The SMILES string of the molecule is Cc1ccc2cc(S(=O)(=O)[O-])ccc2c1.[Na+]. The smallest absolute Gasteiger partial charge is 0.744 e. The van der Waals surface area contributed by atoms with Gasteiger partial charge in [-0.1, -0.05) is 29.8 Å². The first-order valence-electron chi connectivity index (χ1n) is 4.43. The summed E-state index contributed by atoms with van der Waals surface area (Å²) in [5, 5.41) is 1.69. The van der Waals surface area contributed by atoms with Crippen molar-refractivity contribution < 1.29 is 42.5 Å². The van der Waals surface area contributed by atoms with Gasteiger partial charge in [0, 0.05) is 0 Å². The Morgan fingerprint density at radius 2 is 1.56 bits per heavy atom. The number of benzene rings is 2. The van der Waals surface area contributed by atoms with E-state index in [1.807, 2.05) is 19.1 Å². The molecule has 2 aromatic carbocycles. The molecule has 2 aromatic rings. The van der Waals surface area contributed by atoms with Crippen molar-refractivity contribution in [3.05, 3.63) is 42.0 Å². The van der Waals surface area contributed by atoms with E-state index in [1.54, 1.807) is 12.1 Å². The maximum atomic E-state index is 10.8. The monoisotopic (exact) mass is 244 g/mol. The Bertz CT molecular complexity index is 620.